The van der Waals surface area contributed by atoms with Crippen LogP contribution in [0.4, 0.5) is 0 Å². The predicted molar refractivity (Wildman–Crippen MR) is 67.6 cm³/mol. The largest absolute Gasteiger partial charge is 0.299 e. The van der Waals surface area contributed by atoms with E-state index in [9.17, 15) is 13.2 Å². The number of Topliss-reactive ketones (excluding diaryl/α,β-unsaturated/α-hetero) is 1. The van der Waals surface area contributed by atoms with Crippen LogP contribution in [-0.2, 0) is 14.6 Å². The first-order chi connectivity index (χ1) is 8.05. The minimum atomic E-state index is -2.90. The van der Waals surface area contributed by atoms with Crippen molar-refractivity contribution in [3.63, 3.8) is 0 Å². The zero-order valence-corrected chi connectivity index (χ0v) is 11.3. The van der Waals surface area contributed by atoms with E-state index >= 15 is 0 Å². The second-order valence-corrected chi connectivity index (χ2v) is 8.01. The van der Waals surface area contributed by atoms with E-state index in [4.69, 9.17) is 0 Å². The minimum absolute atomic E-state index is 0.0281. The van der Waals surface area contributed by atoms with Crippen LogP contribution in [0.5, 0.6) is 0 Å². The normalized spacial score (nSPS) is 35.5. The standard InChI is InChI=1S/C13H22O3S/c1-2-3-7-13(14)10-8-11-5-4-6-12(9-10)17(11,15)16/h10-12H,2-9H2,1H3. The van der Waals surface area contributed by atoms with Crippen LogP contribution in [0.1, 0.15) is 58.3 Å². The quantitative estimate of drug-likeness (QED) is 0.778. The third kappa shape index (κ3) is 2.56. The molecule has 0 radical (unpaired) electrons. The maximum atomic E-state index is 12.1. The third-order valence-electron chi connectivity index (χ3n) is 4.31. The van der Waals surface area contributed by atoms with Crippen LogP contribution in [0.15, 0.2) is 0 Å². The van der Waals surface area contributed by atoms with Gasteiger partial charge < -0.3 is 0 Å². The molecule has 4 heteroatoms. The van der Waals surface area contributed by atoms with Gasteiger partial charge in [-0.2, -0.15) is 0 Å². The van der Waals surface area contributed by atoms with Crippen molar-refractivity contribution in [2.24, 2.45) is 5.92 Å². The van der Waals surface area contributed by atoms with Crippen LogP contribution in [0.2, 0.25) is 0 Å². The fourth-order valence-corrected chi connectivity index (χ4v) is 5.76. The van der Waals surface area contributed by atoms with Gasteiger partial charge >= 0.3 is 0 Å². The van der Waals surface area contributed by atoms with Crippen molar-refractivity contribution in [2.45, 2.75) is 68.8 Å². The first-order valence-corrected chi connectivity index (χ1v) is 8.42. The Bertz CT molecular complexity index is 365. The molecule has 0 aromatic carbocycles. The molecule has 0 saturated carbocycles. The van der Waals surface area contributed by atoms with Gasteiger partial charge in [0.25, 0.3) is 0 Å². The topological polar surface area (TPSA) is 51.2 Å². The van der Waals surface area contributed by atoms with E-state index in [2.05, 4.69) is 6.92 Å². The molecule has 0 amide bonds. The SMILES string of the molecule is CCCCC(=O)C1CC2CCCC(C1)S2(=O)=O. The van der Waals surface area contributed by atoms with Gasteiger partial charge in [-0.25, -0.2) is 8.42 Å². The van der Waals surface area contributed by atoms with E-state index in [-0.39, 0.29) is 16.4 Å². The van der Waals surface area contributed by atoms with Crippen molar-refractivity contribution >= 4 is 15.6 Å². The Morgan fingerprint density at radius 2 is 1.76 bits per heavy atom. The summed E-state index contributed by atoms with van der Waals surface area (Å²) in [5.41, 5.74) is 0. The van der Waals surface area contributed by atoms with Crippen LogP contribution < -0.4 is 0 Å². The summed E-state index contributed by atoms with van der Waals surface area (Å²) in [5, 5.41) is -0.434. The summed E-state index contributed by atoms with van der Waals surface area (Å²) in [6.07, 6.45) is 6.38. The molecule has 2 heterocycles. The van der Waals surface area contributed by atoms with Crippen molar-refractivity contribution < 1.29 is 13.2 Å². The zero-order chi connectivity index (χ0) is 12.5. The molecule has 2 aliphatic rings. The highest BCUT2D eigenvalue weighted by atomic mass is 32.2. The van der Waals surface area contributed by atoms with Gasteiger partial charge in [0.15, 0.2) is 9.84 Å². The lowest BCUT2D eigenvalue weighted by molar-refractivity contribution is -0.123. The molecule has 0 aromatic heterocycles. The molecular formula is C13H22O3S. The van der Waals surface area contributed by atoms with Crippen molar-refractivity contribution in [3.8, 4) is 0 Å². The number of rotatable bonds is 4. The minimum Gasteiger partial charge on any atom is -0.299 e. The molecular weight excluding hydrogens is 236 g/mol. The van der Waals surface area contributed by atoms with Gasteiger partial charge in [0, 0.05) is 12.3 Å². The van der Waals surface area contributed by atoms with E-state index in [1.165, 1.54) is 0 Å². The number of carbonyl (C=O) groups is 1. The monoisotopic (exact) mass is 258 g/mol. The maximum Gasteiger partial charge on any atom is 0.156 e. The van der Waals surface area contributed by atoms with Crippen LogP contribution >= 0.6 is 0 Å². The lowest BCUT2D eigenvalue weighted by Gasteiger charge is -2.38. The van der Waals surface area contributed by atoms with E-state index in [1.807, 2.05) is 0 Å². The van der Waals surface area contributed by atoms with Crippen LogP contribution in [0.3, 0.4) is 0 Å². The number of hydrogen-bond donors (Lipinski definition) is 0. The molecule has 0 aromatic rings. The summed E-state index contributed by atoms with van der Waals surface area (Å²) < 4.78 is 24.1. The Morgan fingerprint density at radius 1 is 1.18 bits per heavy atom. The van der Waals surface area contributed by atoms with Crippen LogP contribution in [-0.4, -0.2) is 24.7 Å². The van der Waals surface area contributed by atoms with Gasteiger partial charge in [-0.1, -0.05) is 19.8 Å². The molecule has 2 unspecified atom stereocenters. The Hall–Kier alpha value is -0.380. The molecule has 3 nitrogen and oxygen atoms in total. The molecule has 0 spiro atoms. The fraction of sp³-hybridized carbons (Fsp3) is 0.923. The first-order valence-electron chi connectivity index (χ1n) is 6.81. The van der Waals surface area contributed by atoms with Crippen molar-refractivity contribution in [2.75, 3.05) is 0 Å². The van der Waals surface area contributed by atoms with Crippen LogP contribution in [0.25, 0.3) is 0 Å². The molecule has 98 valence electrons. The fourth-order valence-electron chi connectivity index (χ4n) is 3.23. The van der Waals surface area contributed by atoms with Crippen molar-refractivity contribution in [1.29, 1.82) is 0 Å². The van der Waals surface area contributed by atoms with Crippen molar-refractivity contribution in [3.05, 3.63) is 0 Å². The number of carbonyl (C=O) groups excluding carboxylic acids is 1. The Kier molecular flexibility index (Phi) is 3.91. The van der Waals surface area contributed by atoms with Gasteiger partial charge in [-0.3, -0.25) is 4.79 Å². The smallest absolute Gasteiger partial charge is 0.156 e. The van der Waals surface area contributed by atoms with Gasteiger partial charge in [-0.15, -0.1) is 0 Å². The van der Waals surface area contributed by atoms with E-state index in [1.54, 1.807) is 0 Å². The highest BCUT2D eigenvalue weighted by Crippen LogP contribution is 2.40. The van der Waals surface area contributed by atoms with E-state index in [0.717, 1.165) is 32.1 Å². The average Bonchev–Trinajstić information content (AvgIpc) is 2.24. The molecule has 0 N–H and O–H groups in total. The number of fused-ring (bicyclic) bond motifs is 2. The summed E-state index contributed by atoms with van der Waals surface area (Å²) in [6, 6.07) is 0. The maximum absolute atomic E-state index is 12.1. The van der Waals surface area contributed by atoms with Gasteiger partial charge in [-0.05, 0) is 32.1 Å². The Morgan fingerprint density at radius 3 is 2.29 bits per heavy atom. The summed E-state index contributed by atoms with van der Waals surface area (Å²) in [6.45, 7) is 2.08. The Balaban J connectivity index is 2.04. The van der Waals surface area contributed by atoms with E-state index in [0.29, 0.717) is 25.0 Å². The second kappa shape index (κ2) is 5.09. The summed E-state index contributed by atoms with van der Waals surface area (Å²) in [5.74, 6) is 0.332. The van der Waals surface area contributed by atoms with E-state index < -0.39 is 9.84 Å². The molecule has 2 bridgehead atoms. The number of unbranched alkanes of at least 4 members (excludes halogenated alkanes) is 1. The average molecular weight is 258 g/mol. The first kappa shape index (κ1) is 13.1. The number of sulfone groups is 1. The lowest BCUT2D eigenvalue weighted by Crippen LogP contribution is -2.45. The molecule has 2 aliphatic heterocycles. The predicted octanol–water partition coefficient (Wildman–Crippen LogP) is 2.49. The summed E-state index contributed by atoms with van der Waals surface area (Å²) in [4.78, 5) is 12.0. The molecule has 17 heavy (non-hydrogen) atoms. The van der Waals surface area contributed by atoms with Gasteiger partial charge in [0.2, 0.25) is 0 Å². The summed E-state index contributed by atoms with van der Waals surface area (Å²) >= 11 is 0. The highest BCUT2D eigenvalue weighted by molar-refractivity contribution is 7.92. The Labute approximate surface area is 104 Å². The van der Waals surface area contributed by atoms with Gasteiger partial charge in [0.05, 0.1) is 10.5 Å². The highest BCUT2D eigenvalue weighted by Gasteiger charge is 2.45. The molecule has 2 fully saturated rings. The molecule has 2 saturated heterocycles. The number of hydrogen-bond acceptors (Lipinski definition) is 3. The van der Waals surface area contributed by atoms with Gasteiger partial charge in [0.1, 0.15) is 5.78 Å². The van der Waals surface area contributed by atoms with Crippen LogP contribution in [0, 0.1) is 5.92 Å². The lowest BCUT2D eigenvalue weighted by atomic mass is 9.85. The molecule has 2 rings (SSSR count). The molecule has 2 atom stereocenters. The third-order valence-corrected chi connectivity index (χ3v) is 7.02. The van der Waals surface area contributed by atoms with Crippen molar-refractivity contribution in [1.82, 2.24) is 0 Å². The zero-order valence-electron chi connectivity index (χ0n) is 10.5. The molecule has 0 aliphatic carbocycles. The summed E-state index contributed by atoms with van der Waals surface area (Å²) in [7, 11) is -2.90. The second-order valence-electron chi connectivity index (χ2n) is 5.50. The number of ketones is 1.